The Kier molecular flexibility index (Phi) is 5.25. The maximum atomic E-state index is 6.57. The number of anilines is 2. The van der Waals surface area contributed by atoms with Crippen molar-refractivity contribution in [1.82, 2.24) is 24.8 Å². The lowest BCUT2D eigenvalue weighted by molar-refractivity contribution is 0.233. The van der Waals surface area contributed by atoms with Gasteiger partial charge in [-0.15, -0.1) is 0 Å². The minimum atomic E-state index is -0.163. The first kappa shape index (κ1) is 21.2. The molecule has 8 heteroatoms. The third-order valence-corrected chi connectivity index (χ3v) is 7.44. The summed E-state index contributed by atoms with van der Waals surface area (Å²) in [5.74, 6) is 1.84. The van der Waals surface area contributed by atoms with Crippen LogP contribution in [0.3, 0.4) is 0 Å². The topological polar surface area (TPSA) is 73.4 Å². The molecule has 1 unspecified atom stereocenters. The summed E-state index contributed by atoms with van der Waals surface area (Å²) in [7, 11) is 2.19. The van der Waals surface area contributed by atoms with Crippen molar-refractivity contribution in [2.45, 2.75) is 25.3 Å². The zero-order chi connectivity index (χ0) is 23.1. The molecule has 176 valence electrons. The van der Waals surface area contributed by atoms with Crippen LogP contribution in [0.4, 0.5) is 11.5 Å². The maximum absolute atomic E-state index is 6.57. The van der Waals surface area contributed by atoms with Gasteiger partial charge in [0.15, 0.2) is 11.5 Å². The highest BCUT2D eigenvalue weighted by molar-refractivity contribution is 5.91. The van der Waals surface area contributed by atoms with E-state index in [4.69, 9.17) is 4.74 Å². The van der Waals surface area contributed by atoms with Crippen LogP contribution in [-0.4, -0.2) is 76.8 Å². The molecule has 2 aliphatic rings. The van der Waals surface area contributed by atoms with E-state index in [1.165, 1.54) is 16.5 Å². The molecule has 0 aliphatic carbocycles. The SMILES string of the molecule is CN1CCN(c2ccc3cccc(OCC4(C)CCCN4c4ncnc5nc[nH]c45)c3c2)CC1. The van der Waals surface area contributed by atoms with Gasteiger partial charge >= 0.3 is 0 Å². The Hall–Kier alpha value is -3.39. The summed E-state index contributed by atoms with van der Waals surface area (Å²) in [6, 6.07) is 13.1. The predicted molar refractivity (Wildman–Crippen MR) is 136 cm³/mol. The number of benzene rings is 2. The molecule has 1 atom stereocenters. The predicted octanol–water partition coefficient (Wildman–Crippen LogP) is 3.70. The Morgan fingerprint density at radius 3 is 2.79 bits per heavy atom. The van der Waals surface area contributed by atoms with Gasteiger partial charge in [-0.3, -0.25) is 0 Å². The van der Waals surface area contributed by atoms with Crippen molar-refractivity contribution >= 4 is 33.4 Å². The lowest BCUT2D eigenvalue weighted by Gasteiger charge is -2.36. The van der Waals surface area contributed by atoms with Gasteiger partial charge < -0.3 is 24.4 Å². The standard InChI is InChI=1S/C26H31N7O/c1-26(9-4-10-33(26)25-23-24(28-17-27-23)29-18-30-25)16-34-22-6-3-5-19-7-8-20(15-21(19)22)32-13-11-31(2)12-14-32/h3,5-8,15,17-18H,4,9-14,16H2,1-2H3,(H,27,28,29,30). The monoisotopic (exact) mass is 457 g/mol. The van der Waals surface area contributed by atoms with E-state index < -0.39 is 0 Å². The van der Waals surface area contributed by atoms with Gasteiger partial charge in [0, 0.05) is 43.8 Å². The largest absolute Gasteiger partial charge is 0.491 e. The number of nitrogens with one attached hydrogen (secondary N) is 1. The fraction of sp³-hybridized carbons (Fsp3) is 0.423. The molecule has 34 heavy (non-hydrogen) atoms. The second kappa shape index (κ2) is 8.43. The summed E-state index contributed by atoms with van der Waals surface area (Å²) in [5, 5.41) is 2.38. The third-order valence-electron chi connectivity index (χ3n) is 7.44. The van der Waals surface area contributed by atoms with Gasteiger partial charge in [-0.2, -0.15) is 0 Å². The summed E-state index contributed by atoms with van der Waals surface area (Å²) in [6.07, 6.45) is 5.43. The van der Waals surface area contributed by atoms with Crippen LogP contribution < -0.4 is 14.5 Å². The lowest BCUT2D eigenvalue weighted by atomic mass is 10.00. The van der Waals surface area contributed by atoms with Crippen LogP contribution in [0.1, 0.15) is 19.8 Å². The van der Waals surface area contributed by atoms with Crippen molar-refractivity contribution in [2.75, 3.05) is 56.2 Å². The molecule has 0 radical (unpaired) electrons. The molecule has 4 aromatic rings. The Balaban J connectivity index is 1.27. The molecule has 6 rings (SSSR count). The van der Waals surface area contributed by atoms with E-state index in [1.807, 2.05) is 0 Å². The van der Waals surface area contributed by atoms with Gasteiger partial charge in [0.1, 0.15) is 24.2 Å². The first-order valence-corrected chi connectivity index (χ1v) is 12.1. The van der Waals surface area contributed by atoms with Crippen molar-refractivity contribution in [2.24, 2.45) is 0 Å². The quantitative estimate of drug-likeness (QED) is 0.490. The second-order valence-electron chi connectivity index (χ2n) is 9.79. The normalized spacial score (nSPS) is 21.6. The van der Waals surface area contributed by atoms with E-state index in [9.17, 15) is 0 Å². The number of hydrogen-bond acceptors (Lipinski definition) is 7. The molecule has 2 aromatic carbocycles. The summed E-state index contributed by atoms with van der Waals surface area (Å²) in [5.41, 5.74) is 2.69. The highest BCUT2D eigenvalue weighted by Gasteiger charge is 2.39. The minimum absolute atomic E-state index is 0.163. The molecular formula is C26H31N7O. The minimum Gasteiger partial charge on any atom is -0.491 e. The van der Waals surface area contributed by atoms with Crippen LogP contribution in [0.5, 0.6) is 5.75 Å². The number of fused-ring (bicyclic) bond motifs is 2. The van der Waals surface area contributed by atoms with Crippen molar-refractivity contribution in [3.05, 3.63) is 49.1 Å². The smallest absolute Gasteiger partial charge is 0.182 e. The molecule has 1 N–H and O–H groups in total. The average molecular weight is 458 g/mol. The number of piperazine rings is 1. The van der Waals surface area contributed by atoms with Crippen LogP contribution in [0.25, 0.3) is 21.9 Å². The molecule has 2 aliphatic heterocycles. The molecule has 0 spiro atoms. The van der Waals surface area contributed by atoms with Crippen molar-refractivity contribution in [3.63, 3.8) is 0 Å². The third kappa shape index (κ3) is 3.72. The zero-order valence-electron chi connectivity index (χ0n) is 19.9. The number of likely N-dealkylation sites (N-methyl/N-ethyl adjacent to an activating group) is 1. The highest BCUT2D eigenvalue weighted by atomic mass is 16.5. The van der Waals surface area contributed by atoms with E-state index in [1.54, 1.807) is 12.7 Å². The number of rotatable bonds is 5. The van der Waals surface area contributed by atoms with Crippen LogP contribution in [0, 0.1) is 0 Å². The number of H-pyrrole nitrogens is 1. The Morgan fingerprint density at radius 1 is 1.03 bits per heavy atom. The molecule has 4 heterocycles. The number of aromatic amines is 1. The Bertz CT molecular complexity index is 1310. The van der Waals surface area contributed by atoms with E-state index in [0.717, 1.165) is 62.6 Å². The average Bonchev–Trinajstić information content (AvgIpc) is 3.50. The first-order valence-electron chi connectivity index (χ1n) is 12.1. The van der Waals surface area contributed by atoms with Gasteiger partial charge in [0.25, 0.3) is 0 Å². The van der Waals surface area contributed by atoms with E-state index in [2.05, 4.69) is 85.0 Å². The van der Waals surface area contributed by atoms with Gasteiger partial charge in [0.2, 0.25) is 0 Å². The van der Waals surface area contributed by atoms with E-state index >= 15 is 0 Å². The molecule has 0 bridgehead atoms. The molecule has 2 saturated heterocycles. The molecule has 2 fully saturated rings. The number of imidazole rings is 1. The molecule has 0 saturated carbocycles. The number of nitrogens with zero attached hydrogens (tertiary/aromatic N) is 6. The van der Waals surface area contributed by atoms with Gasteiger partial charge in [-0.05, 0) is 50.4 Å². The number of ether oxygens (including phenoxy) is 1. The fourth-order valence-corrected chi connectivity index (χ4v) is 5.34. The van der Waals surface area contributed by atoms with E-state index in [-0.39, 0.29) is 5.54 Å². The molecular weight excluding hydrogens is 426 g/mol. The molecule has 8 nitrogen and oxygen atoms in total. The van der Waals surface area contributed by atoms with Gasteiger partial charge in [-0.1, -0.05) is 18.2 Å². The summed E-state index contributed by atoms with van der Waals surface area (Å²) in [6.45, 7) is 8.09. The first-order chi connectivity index (χ1) is 16.6. The van der Waals surface area contributed by atoms with Gasteiger partial charge in [0.05, 0.1) is 11.9 Å². The number of hydrogen-bond donors (Lipinski definition) is 1. The van der Waals surface area contributed by atoms with Crippen molar-refractivity contribution < 1.29 is 4.74 Å². The highest BCUT2D eigenvalue weighted by Crippen LogP contribution is 2.37. The second-order valence-corrected chi connectivity index (χ2v) is 9.79. The summed E-state index contributed by atoms with van der Waals surface area (Å²) >= 11 is 0. The molecule has 0 amide bonds. The fourth-order valence-electron chi connectivity index (χ4n) is 5.34. The Labute approximate surface area is 199 Å². The molecule has 2 aromatic heterocycles. The lowest BCUT2D eigenvalue weighted by Crippen LogP contribution is -2.46. The van der Waals surface area contributed by atoms with Crippen LogP contribution in [0.2, 0.25) is 0 Å². The Morgan fingerprint density at radius 2 is 1.91 bits per heavy atom. The van der Waals surface area contributed by atoms with E-state index in [0.29, 0.717) is 12.3 Å². The van der Waals surface area contributed by atoms with Crippen molar-refractivity contribution in [3.8, 4) is 5.75 Å². The van der Waals surface area contributed by atoms with Crippen molar-refractivity contribution in [1.29, 1.82) is 0 Å². The zero-order valence-corrected chi connectivity index (χ0v) is 19.9. The van der Waals surface area contributed by atoms with Crippen LogP contribution in [0.15, 0.2) is 49.1 Å². The summed E-state index contributed by atoms with van der Waals surface area (Å²) in [4.78, 5) is 23.6. The number of aromatic nitrogens is 4. The van der Waals surface area contributed by atoms with Crippen LogP contribution in [-0.2, 0) is 0 Å². The summed E-state index contributed by atoms with van der Waals surface area (Å²) < 4.78 is 6.57. The maximum Gasteiger partial charge on any atom is 0.182 e. The van der Waals surface area contributed by atoms with Crippen LogP contribution >= 0.6 is 0 Å². The van der Waals surface area contributed by atoms with Gasteiger partial charge in [-0.25, -0.2) is 15.0 Å².